The highest BCUT2D eigenvalue weighted by Gasteiger charge is 2.34. The summed E-state index contributed by atoms with van der Waals surface area (Å²) in [7, 11) is 3.32. The van der Waals surface area contributed by atoms with E-state index < -0.39 is 17.6 Å². The zero-order valence-electron chi connectivity index (χ0n) is 25.2. The Balaban J connectivity index is 1.82. The largest absolute Gasteiger partial charge is 0.419 e. The van der Waals surface area contributed by atoms with Crippen LogP contribution in [0.5, 0.6) is 0 Å². The average molecular weight is 617 g/mol. The van der Waals surface area contributed by atoms with Gasteiger partial charge >= 0.3 is 6.18 Å². The zero-order valence-corrected chi connectivity index (χ0v) is 25.2. The third-order valence-electron chi connectivity index (χ3n) is 8.12. The summed E-state index contributed by atoms with van der Waals surface area (Å²) in [5, 5.41) is 3.47. The first-order valence-electron chi connectivity index (χ1n) is 14.3. The number of benzene rings is 2. The molecule has 0 aliphatic heterocycles. The normalized spacial score (nSPS) is 15.5. The van der Waals surface area contributed by atoms with Crippen LogP contribution in [0.3, 0.4) is 0 Å². The molecule has 236 valence electrons. The van der Waals surface area contributed by atoms with Crippen molar-refractivity contribution >= 4 is 29.9 Å². The molecule has 4 rings (SSSR count). The Hall–Kier alpha value is -4.13. The Morgan fingerprint density at radius 1 is 1.14 bits per heavy atom. The maximum Gasteiger partial charge on any atom is 0.419 e. The summed E-state index contributed by atoms with van der Waals surface area (Å²) in [5.74, 6) is -0.612. The highest BCUT2D eigenvalue weighted by molar-refractivity contribution is 5.95. The number of nitrogens with two attached hydrogens (primary N) is 1. The van der Waals surface area contributed by atoms with Gasteiger partial charge in [0.05, 0.1) is 12.2 Å². The summed E-state index contributed by atoms with van der Waals surface area (Å²) in [5.41, 5.74) is 6.11. The van der Waals surface area contributed by atoms with Gasteiger partial charge in [0.1, 0.15) is 17.3 Å². The van der Waals surface area contributed by atoms with E-state index in [-0.39, 0.29) is 54.2 Å². The quantitative estimate of drug-likeness (QED) is 0.102. The van der Waals surface area contributed by atoms with E-state index in [2.05, 4.69) is 32.0 Å². The Labute approximate surface area is 253 Å². The van der Waals surface area contributed by atoms with Crippen molar-refractivity contribution < 1.29 is 22.0 Å². The maximum atomic E-state index is 14.7. The standard InChI is InChI=1S/C31H37F5N8/c1-18(21-8-6-9-21)40-29-26(28(39-4)41-30(42-29)27(37)38-3)44(16-20-12-13-24(25(33)14-20)31(34,35)36)17-43(5)19(2)22-10-7-11-23(32)15-22/h7,10-15,18-19,21H,4,6,8-9,16-17H2,1-3,5H3,(H2,37,38)(H,40,41,42)/t18-,19?/m1/s1. The molecule has 1 aromatic heterocycles. The van der Waals surface area contributed by atoms with Gasteiger partial charge in [-0.2, -0.15) is 13.2 Å². The van der Waals surface area contributed by atoms with Crippen molar-refractivity contribution in [2.45, 2.75) is 57.9 Å². The lowest BCUT2D eigenvalue weighted by Gasteiger charge is -2.36. The van der Waals surface area contributed by atoms with Crippen LogP contribution in [0, 0.1) is 17.6 Å². The number of anilines is 2. The smallest absolute Gasteiger partial charge is 0.381 e. The van der Waals surface area contributed by atoms with Crippen LogP contribution < -0.4 is 16.0 Å². The molecular formula is C31H37F5N8. The molecule has 0 amide bonds. The fraction of sp³-hybridized carbons (Fsp3) is 0.419. The van der Waals surface area contributed by atoms with Crippen molar-refractivity contribution in [3.8, 4) is 0 Å². The Kier molecular flexibility index (Phi) is 10.2. The second-order valence-corrected chi connectivity index (χ2v) is 11.1. The number of nitrogens with one attached hydrogen (secondary N) is 1. The molecule has 2 aromatic carbocycles. The number of aromatic nitrogens is 2. The molecule has 1 aliphatic carbocycles. The summed E-state index contributed by atoms with van der Waals surface area (Å²) in [6.45, 7) is 7.75. The summed E-state index contributed by atoms with van der Waals surface area (Å²) in [6.07, 6.45) is -1.60. The van der Waals surface area contributed by atoms with Gasteiger partial charge < -0.3 is 16.0 Å². The van der Waals surface area contributed by atoms with Crippen molar-refractivity contribution in [3.05, 3.63) is 76.6 Å². The van der Waals surface area contributed by atoms with Crippen molar-refractivity contribution in [2.75, 3.05) is 31.0 Å². The second-order valence-electron chi connectivity index (χ2n) is 11.1. The first-order chi connectivity index (χ1) is 20.8. The number of alkyl halides is 3. The minimum atomic E-state index is -4.83. The number of rotatable bonds is 12. The van der Waals surface area contributed by atoms with E-state index in [1.165, 1.54) is 25.2 Å². The van der Waals surface area contributed by atoms with Gasteiger partial charge in [-0.25, -0.2) is 23.7 Å². The third kappa shape index (κ3) is 7.50. The van der Waals surface area contributed by atoms with Gasteiger partial charge in [0.25, 0.3) is 0 Å². The minimum Gasteiger partial charge on any atom is -0.381 e. The van der Waals surface area contributed by atoms with Crippen LogP contribution in [-0.2, 0) is 12.7 Å². The first-order valence-corrected chi connectivity index (χ1v) is 14.3. The maximum absolute atomic E-state index is 14.7. The first kappa shape index (κ1) is 32.8. The molecule has 3 N–H and O–H groups in total. The van der Waals surface area contributed by atoms with Crippen LogP contribution in [0.15, 0.2) is 52.4 Å². The SMILES string of the molecule is C=Nc1nc(C(N)=NC)nc(N[C@H](C)C2CCC2)c1N(Cc1ccc(C(F)(F)F)c(F)c1)CN(C)C(C)c1cccc(F)c1. The Bertz CT molecular complexity index is 1500. The number of halogens is 5. The van der Waals surface area contributed by atoms with Crippen molar-refractivity contribution in [3.63, 3.8) is 0 Å². The van der Waals surface area contributed by atoms with Crippen LogP contribution in [0.25, 0.3) is 0 Å². The molecule has 1 heterocycles. The van der Waals surface area contributed by atoms with E-state index in [4.69, 9.17) is 5.73 Å². The predicted molar refractivity (Wildman–Crippen MR) is 163 cm³/mol. The van der Waals surface area contributed by atoms with Gasteiger partial charge in [-0.3, -0.25) is 9.89 Å². The van der Waals surface area contributed by atoms with E-state index in [9.17, 15) is 22.0 Å². The second kappa shape index (κ2) is 13.7. The van der Waals surface area contributed by atoms with Crippen LogP contribution in [0.1, 0.15) is 61.7 Å². The molecule has 44 heavy (non-hydrogen) atoms. The Morgan fingerprint density at radius 3 is 2.43 bits per heavy atom. The van der Waals surface area contributed by atoms with Crippen LogP contribution in [-0.4, -0.2) is 54.2 Å². The highest BCUT2D eigenvalue weighted by atomic mass is 19.4. The molecule has 1 fully saturated rings. The molecule has 2 atom stereocenters. The predicted octanol–water partition coefficient (Wildman–Crippen LogP) is 6.70. The number of hydrogen-bond donors (Lipinski definition) is 2. The molecule has 1 unspecified atom stereocenters. The van der Waals surface area contributed by atoms with E-state index in [1.54, 1.807) is 17.0 Å². The molecule has 0 saturated heterocycles. The van der Waals surface area contributed by atoms with Crippen molar-refractivity contribution in [1.29, 1.82) is 0 Å². The van der Waals surface area contributed by atoms with E-state index >= 15 is 0 Å². The molecule has 0 radical (unpaired) electrons. The van der Waals surface area contributed by atoms with Gasteiger partial charge in [0, 0.05) is 25.7 Å². The number of aliphatic imine (C=N–C) groups is 2. The summed E-state index contributed by atoms with van der Waals surface area (Å²) in [4.78, 5) is 21.0. The fourth-order valence-electron chi connectivity index (χ4n) is 5.15. The molecule has 1 aliphatic rings. The topological polar surface area (TPSA) is 95.0 Å². The monoisotopic (exact) mass is 616 g/mol. The molecule has 8 nitrogen and oxygen atoms in total. The average Bonchev–Trinajstić information content (AvgIpc) is 2.93. The van der Waals surface area contributed by atoms with Gasteiger partial charge in [-0.05, 0) is 81.8 Å². The lowest BCUT2D eigenvalue weighted by Crippen LogP contribution is -2.38. The minimum absolute atomic E-state index is 0.0111. The molecule has 1 saturated carbocycles. The third-order valence-corrected chi connectivity index (χ3v) is 8.12. The lowest BCUT2D eigenvalue weighted by molar-refractivity contribution is -0.140. The van der Waals surface area contributed by atoms with Crippen molar-refractivity contribution in [1.82, 2.24) is 14.9 Å². The summed E-state index contributed by atoms with van der Waals surface area (Å²) < 4.78 is 68.7. The van der Waals surface area contributed by atoms with Crippen LogP contribution in [0.2, 0.25) is 0 Å². The fourth-order valence-corrected chi connectivity index (χ4v) is 5.15. The van der Waals surface area contributed by atoms with Gasteiger partial charge in [0.2, 0.25) is 0 Å². The molecule has 0 bridgehead atoms. The van der Waals surface area contributed by atoms with Crippen LogP contribution >= 0.6 is 0 Å². The summed E-state index contributed by atoms with van der Waals surface area (Å²) >= 11 is 0. The highest BCUT2D eigenvalue weighted by Crippen LogP contribution is 2.39. The number of amidine groups is 1. The number of hydrogen-bond acceptors (Lipinski definition) is 7. The van der Waals surface area contributed by atoms with E-state index in [0.29, 0.717) is 23.0 Å². The van der Waals surface area contributed by atoms with Crippen LogP contribution in [0.4, 0.5) is 39.3 Å². The van der Waals surface area contributed by atoms with Crippen molar-refractivity contribution in [2.24, 2.45) is 21.6 Å². The molecule has 0 spiro atoms. The van der Waals surface area contributed by atoms with E-state index in [0.717, 1.165) is 31.4 Å². The lowest BCUT2D eigenvalue weighted by atomic mass is 9.80. The molecule has 3 aromatic rings. The Morgan fingerprint density at radius 2 is 1.86 bits per heavy atom. The summed E-state index contributed by atoms with van der Waals surface area (Å²) in [6, 6.07) is 8.76. The van der Waals surface area contributed by atoms with E-state index in [1.807, 2.05) is 25.8 Å². The molecular weight excluding hydrogens is 579 g/mol. The van der Waals surface area contributed by atoms with Gasteiger partial charge in [-0.1, -0.05) is 24.6 Å². The molecule has 13 heteroatoms. The zero-order chi connectivity index (χ0) is 32.2. The van der Waals surface area contributed by atoms with Gasteiger partial charge in [-0.15, -0.1) is 0 Å². The van der Waals surface area contributed by atoms with Gasteiger partial charge in [0.15, 0.2) is 23.3 Å². The number of nitrogens with zero attached hydrogens (tertiary/aromatic N) is 6.